The lowest BCUT2D eigenvalue weighted by Gasteiger charge is -2.10. The van der Waals surface area contributed by atoms with Gasteiger partial charge in [-0.25, -0.2) is 0 Å². The van der Waals surface area contributed by atoms with Crippen molar-refractivity contribution in [3.63, 3.8) is 0 Å². The SMILES string of the molecule is NCC#Cc1ccc(C(=O)NCCC2CCCO2)cc1Cl. The average molecular weight is 307 g/mol. The second kappa shape index (κ2) is 8.04. The number of hydrogen-bond acceptors (Lipinski definition) is 3. The van der Waals surface area contributed by atoms with Crippen molar-refractivity contribution < 1.29 is 9.53 Å². The van der Waals surface area contributed by atoms with E-state index in [4.69, 9.17) is 22.1 Å². The Bertz CT molecular complexity index is 557. The number of nitrogens with one attached hydrogen (secondary N) is 1. The summed E-state index contributed by atoms with van der Waals surface area (Å²) in [5, 5.41) is 3.34. The Labute approximate surface area is 130 Å². The maximum atomic E-state index is 12.0. The van der Waals surface area contributed by atoms with Crippen molar-refractivity contribution in [2.24, 2.45) is 5.73 Å². The fourth-order valence-corrected chi connectivity index (χ4v) is 2.45. The van der Waals surface area contributed by atoms with E-state index in [1.165, 1.54) is 0 Å². The molecule has 2 rings (SSSR count). The van der Waals surface area contributed by atoms with Crippen LogP contribution in [0.3, 0.4) is 0 Å². The molecule has 0 radical (unpaired) electrons. The molecule has 1 amide bonds. The van der Waals surface area contributed by atoms with Gasteiger partial charge in [0.05, 0.1) is 17.7 Å². The molecule has 4 nitrogen and oxygen atoms in total. The van der Waals surface area contributed by atoms with Gasteiger partial charge in [-0.2, -0.15) is 0 Å². The van der Waals surface area contributed by atoms with Gasteiger partial charge in [0.25, 0.3) is 5.91 Å². The largest absolute Gasteiger partial charge is 0.378 e. The van der Waals surface area contributed by atoms with Gasteiger partial charge in [-0.3, -0.25) is 4.79 Å². The highest BCUT2D eigenvalue weighted by Crippen LogP contribution is 2.17. The van der Waals surface area contributed by atoms with Gasteiger partial charge < -0.3 is 15.8 Å². The number of nitrogens with two attached hydrogens (primary N) is 1. The molecule has 0 aliphatic carbocycles. The van der Waals surface area contributed by atoms with Gasteiger partial charge in [0.1, 0.15) is 0 Å². The number of ether oxygens (including phenoxy) is 1. The molecule has 1 aromatic carbocycles. The lowest BCUT2D eigenvalue weighted by molar-refractivity contribution is 0.0907. The number of hydrogen-bond donors (Lipinski definition) is 2. The number of halogens is 1. The van der Waals surface area contributed by atoms with E-state index in [0.717, 1.165) is 25.9 Å². The Morgan fingerprint density at radius 1 is 1.52 bits per heavy atom. The van der Waals surface area contributed by atoms with Gasteiger partial charge in [0, 0.05) is 24.3 Å². The minimum atomic E-state index is -0.131. The van der Waals surface area contributed by atoms with Crippen LogP contribution in [0.15, 0.2) is 18.2 Å². The Kier molecular flexibility index (Phi) is 6.06. The molecular formula is C16H19ClN2O2. The van der Waals surface area contributed by atoms with Crippen LogP contribution < -0.4 is 11.1 Å². The molecule has 1 aliphatic rings. The molecule has 0 saturated carbocycles. The Hall–Kier alpha value is -1.54. The minimum absolute atomic E-state index is 0.131. The van der Waals surface area contributed by atoms with Crippen LogP contribution in [0.25, 0.3) is 0 Å². The zero-order valence-corrected chi connectivity index (χ0v) is 12.6. The maximum absolute atomic E-state index is 12.0. The normalized spacial score (nSPS) is 17.1. The third-order valence-corrected chi connectivity index (χ3v) is 3.64. The van der Waals surface area contributed by atoms with Crippen LogP contribution in [0.2, 0.25) is 5.02 Å². The Morgan fingerprint density at radius 3 is 3.05 bits per heavy atom. The first-order valence-corrected chi connectivity index (χ1v) is 7.47. The number of carbonyl (C=O) groups is 1. The minimum Gasteiger partial charge on any atom is -0.378 e. The molecule has 0 bridgehead atoms. The topological polar surface area (TPSA) is 64.4 Å². The van der Waals surface area contributed by atoms with Crippen LogP contribution in [-0.2, 0) is 4.74 Å². The summed E-state index contributed by atoms with van der Waals surface area (Å²) in [6, 6.07) is 5.08. The summed E-state index contributed by atoms with van der Waals surface area (Å²) >= 11 is 6.10. The molecule has 1 aliphatic heterocycles. The molecular weight excluding hydrogens is 288 g/mol. The highest BCUT2D eigenvalue weighted by molar-refractivity contribution is 6.32. The van der Waals surface area contributed by atoms with Crippen molar-refractivity contribution in [1.82, 2.24) is 5.32 Å². The van der Waals surface area contributed by atoms with Crippen LogP contribution in [-0.4, -0.2) is 31.7 Å². The smallest absolute Gasteiger partial charge is 0.251 e. The van der Waals surface area contributed by atoms with Gasteiger partial charge in [-0.15, -0.1) is 0 Å². The van der Waals surface area contributed by atoms with E-state index >= 15 is 0 Å². The van der Waals surface area contributed by atoms with E-state index in [2.05, 4.69) is 17.2 Å². The monoisotopic (exact) mass is 306 g/mol. The molecule has 1 aromatic rings. The molecule has 112 valence electrons. The molecule has 1 atom stereocenters. The van der Waals surface area contributed by atoms with Gasteiger partial charge >= 0.3 is 0 Å². The van der Waals surface area contributed by atoms with E-state index in [1.807, 2.05) is 0 Å². The quantitative estimate of drug-likeness (QED) is 0.836. The lowest BCUT2D eigenvalue weighted by Crippen LogP contribution is -2.27. The molecule has 1 fully saturated rings. The van der Waals surface area contributed by atoms with Crippen LogP contribution in [0.5, 0.6) is 0 Å². The summed E-state index contributed by atoms with van der Waals surface area (Å²) in [7, 11) is 0. The van der Waals surface area contributed by atoms with Crippen molar-refractivity contribution in [3.05, 3.63) is 34.3 Å². The molecule has 1 saturated heterocycles. The first kappa shape index (κ1) is 15.8. The zero-order chi connectivity index (χ0) is 15.1. The van der Waals surface area contributed by atoms with Crippen LogP contribution in [0, 0.1) is 11.8 Å². The number of rotatable bonds is 4. The van der Waals surface area contributed by atoms with Gasteiger partial charge in [-0.05, 0) is 37.5 Å². The van der Waals surface area contributed by atoms with Crippen LogP contribution in [0.1, 0.15) is 35.2 Å². The summed E-state index contributed by atoms with van der Waals surface area (Å²) in [6.45, 7) is 1.72. The van der Waals surface area contributed by atoms with Crippen molar-refractivity contribution in [1.29, 1.82) is 0 Å². The second-order valence-corrected chi connectivity index (χ2v) is 5.29. The predicted molar refractivity (Wildman–Crippen MR) is 83.3 cm³/mol. The van der Waals surface area contributed by atoms with Crippen molar-refractivity contribution in [2.75, 3.05) is 19.7 Å². The molecule has 0 spiro atoms. The first-order chi connectivity index (χ1) is 10.2. The summed E-state index contributed by atoms with van der Waals surface area (Å²) in [4.78, 5) is 12.0. The van der Waals surface area contributed by atoms with Crippen LogP contribution >= 0.6 is 11.6 Å². The number of carbonyl (C=O) groups excluding carboxylic acids is 1. The fraction of sp³-hybridized carbons (Fsp3) is 0.438. The van der Waals surface area contributed by atoms with E-state index in [9.17, 15) is 4.79 Å². The zero-order valence-electron chi connectivity index (χ0n) is 11.8. The molecule has 1 unspecified atom stereocenters. The highest BCUT2D eigenvalue weighted by atomic mass is 35.5. The van der Waals surface area contributed by atoms with E-state index in [0.29, 0.717) is 22.7 Å². The van der Waals surface area contributed by atoms with Gasteiger partial charge in [-0.1, -0.05) is 23.4 Å². The summed E-state index contributed by atoms with van der Waals surface area (Å²) in [5.74, 6) is 5.47. The van der Waals surface area contributed by atoms with Gasteiger partial charge in [0.2, 0.25) is 0 Å². The molecule has 1 heterocycles. The highest BCUT2D eigenvalue weighted by Gasteiger charge is 2.15. The Morgan fingerprint density at radius 2 is 2.38 bits per heavy atom. The molecule has 5 heteroatoms. The average Bonchev–Trinajstić information content (AvgIpc) is 2.99. The predicted octanol–water partition coefficient (Wildman–Crippen LogP) is 1.95. The third-order valence-electron chi connectivity index (χ3n) is 3.33. The number of amides is 1. The van der Waals surface area contributed by atoms with Crippen molar-refractivity contribution in [3.8, 4) is 11.8 Å². The molecule has 3 N–H and O–H groups in total. The summed E-state index contributed by atoms with van der Waals surface area (Å²) < 4.78 is 5.51. The number of benzene rings is 1. The fourth-order valence-electron chi connectivity index (χ4n) is 2.22. The Balaban J connectivity index is 1.88. The standard InChI is InChI=1S/C16H19ClN2O2/c17-15-11-13(6-5-12(15)3-1-8-18)16(20)19-9-7-14-4-2-10-21-14/h5-6,11,14H,2,4,7-10,18H2,(H,19,20). The van der Waals surface area contributed by atoms with E-state index in [1.54, 1.807) is 18.2 Å². The van der Waals surface area contributed by atoms with Crippen molar-refractivity contribution in [2.45, 2.75) is 25.4 Å². The third kappa shape index (κ3) is 4.75. The lowest BCUT2D eigenvalue weighted by atomic mass is 10.1. The van der Waals surface area contributed by atoms with E-state index in [-0.39, 0.29) is 18.6 Å². The van der Waals surface area contributed by atoms with Gasteiger partial charge in [0.15, 0.2) is 0 Å². The first-order valence-electron chi connectivity index (χ1n) is 7.09. The molecule has 0 aromatic heterocycles. The van der Waals surface area contributed by atoms with E-state index < -0.39 is 0 Å². The summed E-state index contributed by atoms with van der Waals surface area (Å²) in [6.07, 6.45) is 3.32. The maximum Gasteiger partial charge on any atom is 0.251 e. The van der Waals surface area contributed by atoms with Crippen LogP contribution in [0.4, 0.5) is 0 Å². The molecule has 21 heavy (non-hydrogen) atoms. The van der Waals surface area contributed by atoms with Crippen molar-refractivity contribution >= 4 is 17.5 Å². The summed E-state index contributed by atoms with van der Waals surface area (Å²) in [5.41, 5.74) is 6.53. The second-order valence-electron chi connectivity index (χ2n) is 4.88.